The third-order valence-electron chi connectivity index (χ3n) is 5.50. The standard InChI is InChI=1S/C18H22N4OS/c23-16(15-3-1-14-24-15)21-10-4-18(5-11-21)6-12-22(13-7-18)17-19-8-2-9-20-17/h1-3,8-9,14H,4-7,10-13H2. The van der Waals surface area contributed by atoms with E-state index in [1.165, 1.54) is 24.2 Å². The van der Waals surface area contributed by atoms with Crippen molar-refractivity contribution in [2.75, 3.05) is 31.1 Å². The van der Waals surface area contributed by atoms with Crippen LogP contribution in [-0.4, -0.2) is 47.0 Å². The summed E-state index contributed by atoms with van der Waals surface area (Å²) in [4.78, 5) is 26.4. The van der Waals surface area contributed by atoms with Gasteiger partial charge in [0, 0.05) is 38.6 Å². The predicted octanol–water partition coefficient (Wildman–Crippen LogP) is 3.06. The van der Waals surface area contributed by atoms with Gasteiger partial charge >= 0.3 is 0 Å². The van der Waals surface area contributed by atoms with Crippen LogP contribution in [0.15, 0.2) is 36.0 Å². The van der Waals surface area contributed by atoms with Crippen molar-refractivity contribution < 1.29 is 4.79 Å². The van der Waals surface area contributed by atoms with E-state index in [-0.39, 0.29) is 5.91 Å². The van der Waals surface area contributed by atoms with E-state index >= 15 is 0 Å². The first-order valence-corrected chi connectivity index (χ1v) is 9.49. The number of carbonyl (C=O) groups excluding carboxylic acids is 1. The molecule has 0 atom stereocenters. The molecule has 0 unspecified atom stereocenters. The van der Waals surface area contributed by atoms with Gasteiger partial charge in [-0.1, -0.05) is 6.07 Å². The predicted molar refractivity (Wildman–Crippen MR) is 95.4 cm³/mol. The molecule has 126 valence electrons. The van der Waals surface area contributed by atoms with Gasteiger partial charge in [0.15, 0.2) is 0 Å². The van der Waals surface area contributed by atoms with Crippen molar-refractivity contribution in [2.45, 2.75) is 25.7 Å². The third-order valence-corrected chi connectivity index (χ3v) is 6.36. The molecule has 2 fully saturated rings. The molecule has 0 aromatic carbocycles. The summed E-state index contributed by atoms with van der Waals surface area (Å²) in [5, 5.41) is 1.97. The summed E-state index contributed by atoms with van der Waals surface area (Å²) in [7, 11) is 0. The van der Waals surface area contributed by atoms with Gasteiger partial charge in [-0.25, -0.2) is 9.97 Å². The molecule has 2 aromatic heterocycles. The fraction of sp³-hybridized carbons (Fsp3) is 0.500. The van der Waals surface area contributed by atoms with Crippen molar-refractivity contribution >= 4 is 23.2 Å². The zero-order chi connectivity index (χ0) is 16.4. The number of nitrogens with zero attached hydrogens (tertiary/aromatic N) is 4. The molecular weight excluding hydrogens is 320 g/mol. The van der Waals surface area contributed by atoms with Gasteiger partial charge in [0.2, 0.25) is 5.95 Å². The van der Waals surface area contributed by atoms with E-state index in [4.69, 9.17) is 0 Å². The average molecular weight is 342 g/mol. The van der Waals surface area contributed by atoms with Gasteiger partial charge < -0.3 is 9.80 Å². The van der Waals surface area contributed by atoms with Gasteiger partial charge in [-0.3, -0.25) is 4.79 Å². The zero-order valence-corrected chi connectivity index (χ0v) is 14.5. The Morgan fingerprint density at radius 1 is 1.00 bits per heavy atom. The minimum Gasteiger partial charge on any atom is -0.341 e. The third kappa shape index (κ3) is 3.02. The zero-order valence-electron chi connectivity index (χ0n) is 13.7. The first kappa shape index (κ1) is 15.6. The van der Waals surface area contributed by atoms with Crippen molar-refractivity contribution in [1.29, 1.82) is 0 Å². The number of rotatable bonds is 2. The highest BCUT2D eigenvalue weighted by Gasteiger charge is 2.39. The molecule has 0 bridgehead atoms. The number of likely N-dealkylation sites (tertiary alicyclic amines) is 1. The largest absolute Gasteiger partial charge is 0.341 e. The van der Waals surface area contributed by atoms with Crippen molar-refractivity contribution in [1.82, 2.24) is 14.9 Å². The summed E-state index contributed by atoms with van der Waals surface area (Å²) in [6.07, 6.45) is 8.20. The molecule has 0 N–H and O–H groups in total. The lowest BCUT2D eigenvalue weighted by Crippen LogP contribution is -2.48. The first-order chi connectivity index (χ1) is 11.8. The Labute approximate surface area is 146 Å². The summed E-state index contributed by atoms with van der Waals surface area (Å²) < 4.78 is 0. The van der Waals surface area contributed by atoms with Crippen LogP contribution < -0.4 is 4.90 Å². The SMILES string of the molecule is O=C(c1cccs1)N1CCC2(CC1)CCN(c1ncccn1)CC2. The molecule has 0 radical (unpaired) electrons. The smallest absolute Gasteiger partial charge is 0.263 e. The number of carbonyl (C=O) groups is 1. The Bertz CT molecular complexity index is 670. The van der Waals surface area contributed by atoms with Crippen molar-refractivity contribution in [3.63, 3.8) is 0 Å². The van der Waals surface area contributed by atoms with Crippen molar-refractivity contribution in [3.05, 3.63) is 40.8 Å². The summed E-state index contributed by atoms with van der Waals surface area (Å²) in [6.45, 7) is 3.81. The second kappa shape index (κ2) is 6.51. The van der Waals surface area contributed by atoms with Crippen LogP contribution in [0.3, 0.4) is 0 Å². The highest BCUT2D eigenvalue weighted by Crippen LogP contribution is 2.42. The number of piperidine rings is 2. The van der Waals surface area contributed by atoms with Crippen LogP contribution in [0.25, 0.3) is 0 Å². The molecule has 24 heavy (non-hydrogen) atoms. The van der Waals surface area contributed by atoms with Gasteiger partial charge in [-0.05, 0) is 48.6 Å². The van der Waals surface area contributed by atoms with Crippen LogP contribution in [0.1, 0.15) is 35.4 Å². The van der Waals surface area contributed by atoms with Crippen LogP contribution in [-0.2, 0) is 0 Å². The number of aromatic nitrogens is 2. The lowest BCUT2D eigenvalue weighted by atomic mass is 9.71. The molecule has 2 aromatic rings. The molecular formula is C18H22N4OS. The molecule has 1 amide bonds. The van der Waals surface area contributed by atoms with E-state index in [2.05, 4.69) is 14.9 Å². The highest BCUT2D eigenvalue weighted by atomic mass is 32.1. The number of hydrogen-bond donors (Lipinski definition) is 0. The topological polar surface area (TPSA) is 49.3 Å². The van der Waals surface area contributed by atoms with Crippen molar-refractivity contribution in [3.8, 4) is 0 Å². The van der Waals surface area contributed by atoms with Gasteiger partial charge in [-0.15, -0.1) is 11.3 Å². The maximum atomic E-state index is 12.5. The number of hydrogen-bond acceptors (Lipinski definition) is 5. The number of anilines is 1. The second-order valence-electron chi connectivity index (χ2n) is 6.81. The Balaban J connectivity index is 1.34. The molecule has 4 heterocycles. The van der Waals surface area contributed by atoms with Crippen LogP contribution in [0.2, 0.25) is 0 Å². The maximum Gasteiger partial charge on any atom is 0.263 e. The van der Waals surface area contributed by atoms with Crippen LogP contribution in [0, 0.1) is 5.41 Å². The van der Waals surface area contributed by atoms with Crippen molar-refractivity contribution in [2.24, 2.45) is 5.41 Å². The Hall–Kier alpha value is -1.95. The van der Waals surface area contributed by atoms with Crippen LogP contribution in [0.4, 0.5) is 5.95 Å². The van der Waals surface area contributed by atoms with E-state index in [1.54, 1.807) is 12.4 Å². The van der Waals surface area contributed by atoms with E-state index in [1.807, 2.05) is 28.5 Å². The molecule has 0 aliphatic carbocycles. The van der Waals surface area contributed by atoms with E-state index < -0.39 is 0 Å². The Kier molecular flexibility index (Phi) is 4.22. The molecule has 6 heteroatoms. The minimum absolute atomic E-state index is 0.204. The fourth-order valence-electron chi connectivity index (χ4n) is 3.88. The fourth-order valence-corrected chi connectivity index (χ4v) is 4.57. The molecule has 2 aliphatic heterocycles. The molecule has 4 rings (SSSR count). The summed E-state index contributed by atoms with van der Waals surface area (Å²) >= 11 is 1.54. The van der Waals surface area contributed by atoms with Gasteiger partial charge in [-0.2, -0.15) is 0 Å². The molecule has 5 nitrogen and oxygen atoms in total. The van der Waals surface area contributed by atoms with Crippen LogP contribution in [0.5, 0.6) is 0 Å². The van der Waals surface area contributed by atoms with E-state index in [0.717, 1.165) is 49.8 Å². The summed E-state index contributed by atoms with van der Waals surface area (Å²) in [5.41, 5.74) is 0.400. The lowest BCUT2D eigenvalue weighted by molar-refractivity contribution is 0.0518. The first-order valence-electron chi connectivity index (χ1n) is 8.61. The van der Waals surface area contributed by atoms with Crippen LogP contribution >= 0.6 is 11.3 Å². The van der Waals surface area contributed by atoms with E-state index in [9.17, 15) is 4.79 Å². The molecule has 0 saturated carbocycles. The molecule has 2 aliphatic rings. The quantitative estimate of drug-likeness (QED) is 0.842. The maximum absolute atomic E-state index is 12.5. The van der Waals surface area contributed by atoms with E-state index in [0.29, 0.717) is 5.41 Å². The number of amides is 1. The summed E-state index contributed by atoms with van der Waals surface area (Å²) in [5.74, 6) is 1.05. The number of thiophene rings is 1. The average Bonchev–Trinajstić information content (AvgIpc) is 3.18. The Morgan fingerprint density at radius 2 is 1.67 bits per heavy atom. The van der Waals surface area contributed by atoms with Gasteiger partial charge in [0.25, 0.3) is 5.91 Å². The van der Waals surface area contributed by atoms with Gasteiger partial charge in [0.05, 0.1) is 4.88 Å². The molecule has 1 spiro atoms. The highest BCUT2D eigenvalue weighted by molar-refractivity contribution is 7.12. The Morgan fingerprint density at radius 3 is 2.29 bits per heavy atom. The summed E-state index contributed by atoms with van der Waals surface area (Å²) in [6, 6.07) is 5.73. The normalized spacial score (nSPS) is 20.3. The lowest BCUT2D eigenvalue weighted by Gasteiger charge is -2.46. The van der Waals surface area contributed by atoms with Gasteiger partial charge in [0.1, 0.15) is 0 Å². The minimum atomic E-state index is 0.204. The second-order valence-corrected chi connectivity index (χ2v) is 7.75. The monoisotopic (exact) mass is 342 g/mol. The molecule has 2 saturated heterocycles.